The Morgan fingerprint density at radius 1 is 1.14 bits per heavy atom. The average Bonchev–Trinajstić information content (AvgIpc) is 2.98. The third kappa shape index (κ3) is 7.86. The highest BCUT2D eigenvalue weighted by molar-refractivity contribution is 5.56. The molecule has 1 aliphatic rings. The molecule has 22 heavy (non-hydrogen) atoms. The van der Waals surface area contributed by atoms with E-state index < -0.39 is 0 Å². The molecule has 4 heteroatoms. The van der Waals surface area contributed by atoms with Gasteiger partial charge in [-0.3, -0.25) is 0 Å². The van der Waals surface area contributed by atoms with Crippen molar-refractivity contribution in [3.8, 4) is 11.5 Å². The van der Waals surface area contributed by atoms with Gasteiger partial charge in [0.25, 0.3) is 0 Å². The van der Waals surface area contributed by atoms with Crippen LogP contribution in [0.4, 0.5) is 0 Å². The van der Waals surface area contributed by atoms with Gasteiger partial charge < -0.3 is 18.9 Å². The molecule has 0 saturated heterocycles. The fourth-order valence-corrected chi connectivity index (χ4v) is 1.73. The highest BCUT2D eigenvalue weighted by Gasteiger charge is 2.11. The summed E-state index contributed by atoms with van der Waals surface area (Å²) < 4.78 is 20.5. The summed E-state index contributed by atoms with van der Waals surface area (Å²) in [5.41, 5.74) is 1.14. The topological polar surface area (TPSA) is 36.9 Å². The van der Waals surface area contributed by atoms with Gasteiger partial charge in [-0.2, -0.15) is 0 Å². The Hall–Kier alpha value is -1.78. The minimum Gasteiger partial charge on any atom is -0.454 e. The van der Waals surface area contributed by atoms with E-state index in [-0.39, 0.29) is 6.29 Å². The molecular weight excluding hydrogens is 280 g/mol. The van der Waals surface area contributed by atoms with Gasteiger partial charge in [0.15, 0.2) is 17.8 Å². The maximum Gasteiger partial charge on any atom is 0.231 e. The van der Waals surface area contributed by atoms with Crippen molar-refractivity contribution >= 4 is 6.08 Å². The summed E-state index contributed by atoms with van der Waals surface area (Å²) in [6, 6.07) is 5.91. The summed E-state index contributed by atoms with van der Waals surface area (Å²) in [5.74, 6) is 1.67. The lowest BCUT2D eigenvalue weighted by Gasteiger charge is -2.09. The summed E-state index contributed by atoms with van der Waals surface area (Å²) >= 11 is 0. The van der Waals surface area contributed by atoms with Crippen LogP contribution in [0.25, 0.3) is 6.08 Å². The number of rotatable bonds is 5. The Morgan fingerprint density at radius 2 is 1.73 bits per heavy atom. The number of ether oxygens (including phenoxy) is 4. The van der Waals surface area contributed by atoms with Gasteiger partial charge in [-0.15, -0.1) is 13.2 Å². The second kappa shape index (κ2) is 12.9. The van der Waals surface area contributed by atoms with Crippen molar-refractivity contribution in [3.05, 3.63) is 43.0 Å². The number of fused-ring (bicyclic) bond motifs is 1. The van der Waals surface area contributed by atoms with Crippen LogP contribution in [0.5, 0.6) is 11.5 Å². The van der Waals surface area contributed by atoms with Crippen molar-refractivity contribution in [2.45, 2.75) is 34.0 Å². The van der Waals surface area contributed by atoms with Gasteiger partial charge in [0, 0.05) is 13.2 Å². The zero-order valence-corrected chi connectivity index (χ0v) is 14.1. The lowest BCUT2D eigenvalue weighted by molar-refractivity contribution is -0.123. The van der Waals surface area contributed by atoms with Crippen molar-refractivity contribution in [1.82, 2.24) is 0 Å². The van der Waals surface area contributed by atoms with E-state index in [9.17, 15) is 0 Å². The van der Waals surface area contributed by atoms with Crippen molar-refractivity contribution in [2.75, 3.05) is 20.0 Å². The van der Waals surface area contributed by atoms with Crippen LogP contribution in [0.2, 0.25) is 0 Å². The lowest BCUT2D eigenvalue weighted by atomic mass is 10.2. The molecule has 0 atom stereocenters. The van der Waals surface area contributed by atoms with Crippen molar-refractivity contribution in [3.63, 3.8) is 0 Å². The molecule has 4 nitrogen and oxygen atoms in total. The van der Waals surface area contributed by atoms with Crippen LogP contribution in [-0.4, -0.2) is 26.3 Å². The Labute approximate surface area is 134 Å². The third-order valence-corrected chi connectivity index (χ3v) is 2.56. The summed E-state index contributed by atoms with van der Waals surface area (Å²) in [5, 5.41) is 0. The molecule has 124 valence electrons. The zero-order chi connectivity index (χ0) is 16.8. The monoisotopic (exact) mass is 308 g/mol. The molecule has 0 N–H and O–H groups in total. The fraction of sp³-hybridized carbons (Fsp3) is 0.444. The predicted octanol–water partition coefficient (Wildman–Crippen LogP) is 4.66. The molecule has 0 aliphatic carbocycles. The Morgan fingerprint density at radius 3 is 2.27 bits per heavy atom. The standard InChI is InChI=1S/C10H10O2.C6H14O2.C2H4/c1-2-3-8-4-5-9-10(6-8)12-7-11-9;1-4-7-6(3)8-5-2;1-2/h2-6H,7H2,1H3;6H,4-5H2,1-3H3;1-2H2/b3-2+;;. The number of hydrogen-bond acceptors (Lipinski definition) is 4. The van der Waals surface area contributed by atoms with Crippen LogP contribution in [-0.2, 0) is 9.47 Å². The van der Waals surface area contributed by atoms with Crippen molar-refractivity contribution < 1.29 is 18.9 Å². The SMILES string of the molecule is C/C=C/c1ccc2c(c1)OCO2.C=C.CCOC(C)OCC. The molecule has 1 heterocycles. The van der Waals surface area contributed by atoms with Crippen LogP contribution in [0, 0.1) is 0 Å². The molecule has 0 saturated carbocycles. The first-order valence-corrected chi connectivity index (χ1v) is 7.46. The minimum absolute atomic E-state index is 0.0370. The van der Waals surface area contributed by atoms with Crippen LogP contribution < -0.4 is 9.47 Å². The Balaban J connectivity index is 0.000000388. The second-order valence-corrected chi connectivity index (χ2v) is 4.09. The molecule has 0 amide bonds. The Bertz CT molecular complexity index is 423. The molecular formula is C18H28O4. The number of allylic oxidation sites excluding steroid dienone is 1. The summed E-state index contributed by atoms with van der Waals surface area (Å²) in [4.78, 5) is 0. The molecule has 0 unspecified atom stereocenters. The van der Waals surface area contributed by atoms with Gasteiger partial charge >= 0.3 is 0 Å². The largest absolute Gasteiger partial charge is 0.454 e. The van der Waals surface area contributed by atoms with E-state index in [1.165, 1.54) is 0 Å². The van der Waals surface area contributed by atoms with Crippen molar-refractivity contribution in [2.24, 2.45) is 0 Å². The van der Waals surface area contributed by atoms with Crippen molar-refractivity contribution in [1.29, 1.82) is 0 Å². The molecule has 0 aromatic heterocycles. The van der Waals surface area contributed by atoms with Crippen LogP contribution in [0.3, 0.4) is 0 Å². The summed E-state index contributed by atoms with van der Waals surface area (Å²) in [7, 11) is 0. The first-order chi connectivity index (χ1) is 10.7. The summed E-state index contributed by atoms with van der Waals surface area (Å²) in [6.45, 7) is 15.6. The number of benzene rings is 1. The van der Waals surface area contributed by atoms with E-state index in [2.05, 4.69) is 13.2 Å². The lowest BCUT2D eigenvalue weighted by Crippen LogP contribution is -2.11. The highest BCUT2D eigenvalue weighted by atomic mass is 16.7. The van der Waals surface area contributed by atoms with E-state index in [0.29, 0.717) is 6.79 Å². The van der Waals surface area contributed by atoms with Crippen LogP contribution in [0.1, 0.15) is 33.3 Å². The van der Waals surface area contributed by atoms with E-state index in [1.807, 2.05) is 58.0 Å². The molecule has 1 aromatic carbocycles. The first-order valence-electron chi connectivity index (χ1n) is 7.46. The molecule has 0 spiro atoms. The van der Waals surface area contributed by atoms with Gasteiger partial charge in [-0.05, 0) is 45.4 Å². The minimum atomic E-state index is -0.0370. The van der Waals surface area contributed by atoms with Gasteiger partial charge in [0.05, 0.1) is 0 Å². The van der Waals surface area contributed by atoms with E-state index in [4.69, 9.17) is 18.9 Å². The smallest absolute Gasteiger partial charge is 0.231 e. The van der Waals surface area contributed by atoms with Crippen LogP contribution in [0.15, 0.2) is 37.4 Å². The zero-order valence-electron chi connectivity index (χ0n) is 14.1. The van der Waals surface area contributed by atoms with Gasteiger partial charge in [0.1, 0.15) is 0 Å². The van der Waals surface area contributed by atoms with E-state index >= 15 is 0 Å². The Kier molecular flexibility index (Phi) is 11.9. The van der Waals surface area contributed by atoms with Gasteiger partial charge in [-0.1, -0.05) is 18.2 Å². The predicted molar refractivity (Wildman–Crippen MR) is 91.2 cm³/mol. The maximum absolute atomic E-state index is 5.23. The van der Waals surface area contributed by atoms with E-state index in [0.717, 1.165) is 30.3 Å². The quantitative estimate of drug-likeness (QED) is 0.586. The van der Waals surface area contributed by atoms with Gasteiger partial charge in [0.2, 0.25) is 6.79 Å². The molecule has 1 aromatic rings. The highest BCUT2D eigenvalue weighted by Crippen LogP contribution is 2.32. The molecule has 0 bridgehead atoms. The second-order valence-electron chi connectivity index (χ2n) is 4.09. The van der Waals surface area contributed by atoms with E-state index in [1.54, 1.807) is 0 Å². The van der Waals surface area contributed by atoms with Gasteiger partial charge in [-0.25, -0.2) is 0 Å². The average molecular weight is 308 g/mol. The van der Waals surface area contributed by atoms with Crippen LogP contribution >= 0.6 is 0 Å². The first kappa shape index (κ1) is 20.2. The fourth-order valence-electron chi connectivity index (χ4n) is 1.73. The molecule has 0 radical (unpaired) electrons. The summed E-state index contributed by atoms with van der Waals surface area (Å²) in [6.07, 6.45) is 3.99. The molecule has 0 fully saturated rings. The maximum atomic E-state index is 5.23. The number of hydrogen-bond donors (Lipinski definition) is 0. The molecule has 2 rings (SSSR count). The molecule has 1 aliphatic heterocycles. The third-order valence-electron chi connectivity index (χ3n) is 2.56. The normalized spacial score (nSPS) is 11.7.